The summed E-state index contributed by atoms with van der Waals surface area (Å²) in [4.78, 5) is 2.35. The maximum absolute atomic E-state index is 5.81. The standard InChI is InChI=1S/C16H26N2O4/c1-19-9-11-21-15-4-3-14(18-7-5-17-6-8-18)13-16(15)22-12-10-20-2/h3-4,13,17H,5-12H2,1-2H3. The maximum atomic E-state index is 5.81. The number of hydrogen-bond acceptors (Lipinski definition) is 6. The molecule has 1 saturated heterocycles. The van der Waals surface area contributed by atoms with E-state index in [1.54, 1.807) is 14.2 Å². The van der Waals surface area contributed by atoms with E-state index in [0.29, 0.717) is 26.4 Å². The first kappa shape index (κ1) is 16.9. The number of benzene rings is 1. The molecule has 1 aromatic carbocycles. The molecule has 22 heavy (non-hydrogen) atoms. The second-order valence-corrected chi connectivity index (χ2v) is 5.05. The zero-order chi connectivity index (χ0) is 15.6. The van der Waals surface area contributed by atoms with Crippen molar-refractivity contribution in [2.24, 2.45) is 0 Å². The summed E-state index contributed by atoms with van der Waals surface area (Å²) in [6.45, 7) is 6.12. The zero-order valence-electron chi connectivity index (χ0n) is 13.5. The van der Waals surface area contributed by atoms with Gasteiger partial charge in [0, 0.05) is 52.2 Å². The van der Waals surface area contributed by atoms with Gasteiger partial charge in [-0.25, -0.2) is 0 Å². The van der Waals surface area contributed by atoms with Crippen LogP contribution in [0.5, 0.6) is 11.5 Å². The summed E-state index contributed by atoms with van der Waals surface area (Å²) < 4.78 is 21.6. The molecular weight excluding hydrogens is 284 g/mol. The van der Waals surface area contributed by atoms with Crippen LogP contribution in [0.15, 0.2) is 18.2 Å². The Balaban J connectivity index is 2.06. The third-order valence-corrected chi connectivity index (χ3v) is 3.50. The van der Waals surface area contributed by atoms with E-state index in [9.17, 15) is 0 Å². The summed E-state index contributed by atoms with van der Waals surface area (Å²) in [5, 5.41) is 3.36. The minimum Gasteiger partial charge on any atom is -0.487 e. The molecule has 1 aliphatic rings. The third kappa shape index (κ3) is 5.05. The van der Waals surface area contributed by atoms with Gasteiger partial charge in [0.2, 0.25) is 0 Å². The fourth-order valence-electron chi connectivity index (χ4n) is 2.32. The molecule has 1 aliphatic heterocycles. The Morgan fingerprint density at radius 2 is 1.55 bits per heavy atom. The molecule has 2 rings (SSSR count). The molecule has 124 valence electrons. The van der Waals surface area contributed by atoms with Crippen molar-refractivity contribution in [3.8, 4) is 11.5 Å². The average molecular weight is 310 g/mol. The lowest BCUT2D eigenvalue weighted by Crippen LogP contribution is -2.43. The van der Waals surface area contributed by atoms with Crippen LogP contribution >= 0.6 is 0 Å². The van der Waals surface area contributed by atoms with Crippen LogP contribution in [0.1, 0.15) is 0 Å². The molecule has 0 aromatic heterocycles. The Morgan fingerprint density at radius 3 is 2.18 bits per heavy atom. The highest BCUT2D eigenvalue weighted by atomic mass is 16.5. The third-order valence-electron chi connectivity index (χ3n) is 3.50. The average Bonchev–Trinajstić information content (AvgIpc) is 2.57. The van der Waals surface area contributed by atoms with Crippen molar-refractivity contribution >= 4 is 5.69 Å². The van der Waals surface area contributed by atoms with E-state index in [4.69, 9.17) is 18.9 Å². The number of anilines is 1. The van der Waals surface area contributed by atoms with E-state index in [1.807, 2.05) is 12.1 Å². The molecule has 0 atom stereocenters. The molecule has 0 saturated carbocycles. The highest BCUT2D eigenvalue weighted by Crippen LogP contribution is 2.32. The summed E-state index contributed by atoms with van der Waals surface area (Å²) in [5.41, 5.74) is 1.16. The van der Waals surface area contributed by atoms with Gasteiger partial charge in [-0.05, 0) is 12.1 Å². The molecule has 1 N–H and O–H groups in total. The van der Waals surface area contributed by atoms with Gasteiger partial charge in [0.15, 0.2) is 11.5 Å². The SMILES string of the molecule is COCCOc1ccc(N2CCNCC2)cc1OCCOC. The first-order valence-corrected chi connectivity index (χ1v) is 7.68. The van der Waals surface area contributed by atoms with Gasteiger partial charge >= 0.3 is 0 Å². The minimum absolute atomic E-state index is 0.502. The summed E-state index contributed by atoms with van der Waals surface area (Å²) in [6.07, 6.45) is 0. The Morgan fingerprint density at radius 1 is 0.909 bits per heavy atom. The lowest BCUT2D eigenvalue weighted by atomic mass is 10.2. The second-order valence-electron chi connectivity index (χ2n) is 5.05. The highest BCUT2D eigenvalue weighted by molar-refractivity contribution is 5.56. The van der Waals surface area contributed by atoms with Crippen molar-refractivity contribution in [3.05, 3.63) is 18.2 Å². The second kappa shape index (κ2) is 9.50. The lowest BCUT2D eigenvalue weighted by molar-refractivity contribution is 0.132. The largest absolute Gasteiger partial charge is 0.487 e. The van der Waals surface area contributed by atoms with Crippen molar-refractivity contribution in [3.63, 3.8) is 0 Å². The van der Waals surface area contributed by atoms with E-state index in [1.165, 1.54) is 0 Å². The van der Waals surface area contributed by atoms with Crippen LogP contribution in [-0.2, 0) is 9.47 Å². The van der Waals surface area contributed by atoms with Gasteiger partial charge in [0.1, 0.15) is 13.2 Å². The van der Waals surface area contributed by atoms with Crippen LogP contribution < -0.4 is 19.7 Å². The zero-order valence-corrected chi connectivity index (χ0v) is 13.5. The van der Waals surface area contributed by atoms with Crippen LogP contribution in [0.2, 0.25) is 0 Å². The van der Waals surface area contributed by atoms with Gasteiger partial charge in [-0.1, -0.05) is 0 Å². The van der Waals surface area contributed by atoms with Gasteiger partial charge in [0.25, 0.3) is 0 Å². The van der Waals surface area contributed by atoms with Crippen LogP contribution in [0.3, 0.4) is 0 Å². The highest BCUT2D eigenvalue weighted by Gasteiger charge is 2.14. The smallest absolute Gasteiger partial charge is 0.163 e. The van der Waals surface area contributed by atoms with E-state index < -0.39 is 0 Å². The predicted molar refractivity (Wildman–Crippen MR) is 86.3 cm³/mol. The number of rotatable bonds is 9. The molecule has 6 heteroatoms. The molecule has 6 nitrogen and oxygen atoms in total. The molecule has 0 radical (unpaired) electrons. The van der Waals surface area contributed by atoms with Crippen molar-refractivity contribution in [2.45, 2.75) is 0 Å². The molecule has 1 heterocycles. The van der Waals surface area contributed by atoms with E-state index in [2.05, 4.69) is 16.3 Å². The van der Waals surface area contributed by atoms with E-state index >= 15 is 0 Å². The molecule has 0 bridgehead atoms. The Hall–Kier alpha value is -1.50. The van der Waals surface area contributed by atoms with Crippen LogP contribution in [0, 0.1) is 0 Å². The van der Waals surface area contributed by atoms with Crippen molar-refractivity contribution < 1.29 is 18.9 Å². The lowest BCUT2D eigenvalue weighted by Gasteiger charge is -2.30. The first-order valence-electron chi connectivity index (χ1n) is 7.68. The first-order chi connectivity index (χ1) is 10.8. The van der Waals surface area contributed by atoms with Crippen LogP contribution in [0.25, 0.3) is 0 Å². The number of hydrogen-bond donors (Lipinski definition) is 1. The monoisotopic (exact) mass is 310 g/mol. The Bertz CT molecular complexity index is 436. The van der Waals surface area contributed by atoms with Gasteiger partial charge < -0.3 is 29.2 Å². The molecule has 0 spiro atoms. The van der Waals surface area contributed by atoms with Crippen LogP contribution in [0.4, 0.5) is 5.69 Å². The maximum Gasteiger partial charge on any atom is 0.163 e. The Kier molecular flexibility index (Phi) is 7.28. The summed E-state index contributed by atoms with van der Waals surface area (Å²) in [6, 6.07) is 6.09. The van der Waals surface area contributed by atoms with E-state index in [-0.39, 0.29) is 0 Å². The normalized spacial score (nSPS) is 14.9. The molecule has 0 unspecified atom stereocenters. The van der Waals surface area contributed by atoms with Gasteiger partial charge in [-0.2, -0.15) is 0 Å². The van der Waals surface area contributed by atoms with Crippen LogP contribution in [-0.4, -0.2) is 66.8 Å². The number of ether oxygens (including phenoxy) is 4. The van der Waals surface area contributed by atoms with Crippen molar-refractivity contribution in [1.29, 1.82) is 0 Å². The van der Waals surface area contributed by atoms with Gasteiger partial charge in [-0.15, -0.1) is 0 Å². The molecule has 0 aliphatic carbocycles. The minimum atomic E-state index is 0.502. The fraction of sp³-hybridized carbons (Fsp3) is 0.625. The number of piperazine rings is 1. The number of methoxy groups -OCH3 is 2. The molecule has 1 fully saturated rings. The Labute approximate surface area is 132 Å². The number of nitrogens with one attached hydrogen (secondary N) is 1. The summed E-state index contributed by atoms with van der Waals surface area (Å²) in [5.74, 6) is 1.50. The molecule has 0 amide bonds. The van der Waals surface area contributed by atoms with Gasteiger partial charge in [0.05, 0.1) is 13.2 Å². The van der Waals surface area contributed by atoms with E-state index in [0.717, 1.165) is 43.4 Å². The summed E-state index contributed by atoms with van der Waals surface area (Å²) >= 11 is 0. The predicted octanol–water partition coefficient (Wildman–Crippen LogP) is 1.15. The fourth-order valence-corrected chi connectivity index (χ4v) is 2.32. The quantitative estimate of drug-likeness (QED) is 0.691. The number of nitrogens with zero attached hydrogens (tertiary/aromatic N) is 1. The molecular formula is C16H26N2O4. The summed E-state index contributed by atoms with van der Waals surface area (Å²) in [7, 11) is 3.32. The topological polar surface area (TPSA) is 52.2 Å². The van der Waals surface area contributed by atoms with Crippen molar-refractivity contribution in [2.75, 3.05) is 71.7 Å². The molecule has 1 aromatic rings. The van der Waals surface area contributed by atoms with Crippen molar-refractivity contribution in [1.82, 2.24) is 5.32 Å². The van der Waals surface area contributed by atoms with Gasteiger partial charge in [-0.3, -0.25) is 0 Å².